The van der Waals surface area contributed by atoms with E-state index < -0.39 is 0 Å². The zero-order valence-electron chi connectivity index (χ0n) is 14.4. The molecule has 120 valence electrons. The summed E-state index contributed by atoms with van der Waals surface area (Å²) < 4.78 is 0. The number of hydrogen-bond acceptors (Lipinski definition) is 0. The predicted molar refractivity (Wildman–Crippen MR) is 105 cm³/mol. The van der Waals surface area contributed by atoms with E-state index in [1.165, 1.54) is 27.8 Å². The molecule has 0 bridgehead atoms. The molecular formula is C24H24. The highest BCUT2D eigenvalue weighted by Gasteiger charge is 2.05. The van der Waals surface area contributed by atoms with E-state index in [4.69, 9.17) is 0 Å². The van der Waals surface area contributed by atoms with Gasteiger partial charge in [0.05, 0.1) is 0 Å². The molecule has 0 nitrogen and oxygen atoms in total. The van der Waals surface area contributed by atoms with Gasteiger partial charge in [0.15, 0.2) is 0 Å². The summed E-state index contributed by atoms with van der Waals surface area (Å²) in [5, 5.41) is 0. The Morgan fingerprint density at radius 3 is 1.92 bits per heavy atom. The van der Waals surface area contributed by atoms with Crippen LogP contribution in [0.25, 0.3) is 11.6 Å². The monoisotopic (exact) mass is 312 g/mol. The van der Waals surface area contributed by atoms with Crippen LogP contribution in [0.3, 0.4) is 0 Å². The van der Waals surface area contributed by atoms with Crippen molar-refractivity contribution in [1.29, 1.82) is 0 Å². The second kappa shape index (κ2) is 7.79. The Morgan fingerprint density at radius 1 is 0.750 bits per heavy atom. The number of rotatable bonds is 5. The van der Waals surface area contributed by atoms with E-state index in [-0.39, 0.29) is 0 Å². The molecule has 0 aromatic heterocycles. The van der Waals surface area contributed by atoms with Crippen molar-refractivity contribution in [2.45, 2.75) is 26.2 Å². The van der Waals surface area contributed by atoms with Crippen molar-refractivity contribution in [3.63, 3.8) is 0 Å². The first-order valence-electron chi connectivity index (χ1n) is 8.62. The van der Waals surface area contributed by atoms with Crippen molar-refractivity contribution < 1.29 is 0 Å². The molecule has 3 aromatic carbocycles. The average molecular weight is 312 g/mol. The zero-order chi connectivity index (χ0) is 16.8. The third-order valence-corrected chi connectivity index (χ3v) is 4.33. The van der Waals surface area contributed by atoms with Gasteiger partial charge in [0, 0.05) is 0 Å². The molecule has 0 amide bonds. The normalized spacial score (nSPS) is 11.7. The maximum Gasteiger partial charge on any atom is -0.00196 e. The topological polar surface area (TPSA) is 0 Å². The molecule has 0 heteroatoms. The molecule has 0 radical (unpaired) electrons. The molecular weight excluding hydrogens is 288 g/mol. The Bertz CT molecular complexity index is 778. The minimum atomic E-state index is 0.576. The lowest BCUT2D eigenvalue weighted by molar-refractivity contribution is 0.865. The quantitative estimate of drug-likeness (QED) is 0.466. The molecule has 0 spiro atoms. The zero-order valence-corrected chi connectivity index (χ0v) is 14.4. The first-order valence-corrected chi connectivity index (χ1v) is 8.62. The third-order valence-electron chi connectivity index (χ3n) is 4.33. The Kier molecular flexibility index (Phi) is 5.28. The smallest absolute Gasteiger partial charge is 0.00196 e. The molecule has 3 aromatic rings. The standard InChI is InChI=1S/C24H24/c1-19(2)22-15-13-21(14-16-22)18-24(23-11-7-4-8-12-23)17-20-9-5-3-6-10-20/h3-17,19H,18H2,1-2H3/b24-17+. The fraction of sp³-hybridized carbons (Fsp3) is 0.167. The SMILES string of the molecule is CC(C)c1ccc(C/C(=C\c2ccccc2)c2ccccc2)cc1. The highest BCUT2D eigenvalue weighted by Crippen LogP contribution is 2.24. The lowest BCUT2D eigenvalue weighted by Gasteiger charge is -2.11. The van der Waals surface area contributed by atoms with Gasteiger partial charge in [-0.1, -0.05) is 105 Å². The lowest BCUT2D eigenvalue weighted by Crippen LogP contribution is -1.93. The molecule has 0 atom stereocenters. The van der Waals surface area contributed by atoms with E-state index in [1.807, 2.05) is 0 Å². The van der Waals surface area contributed by atoms with Crippen LogP contribution in [-0.2, 0) is 6.42 Å². The first-order chi connectivity index (χ1) is 11.7. The van der Waals surface area contributed by atoms with Crippen molar-refractivity contribution in [2.75, 3.05) is 0 Å². The van der Waals surface area contributed by atoms with Gasteiger partial charge in [-0.3, -0.25) is 0 Å². The predicted octanol–water partition coefficient (Wildman–Crippen LogP) is 6.59. The molecule has 0 fully saturated rings. The molecule has 0 saturated carbocycles. The van der Waals surface area contributed by atoms with Crippen LogP contribution in [0.15, 0.2) is 84.9 Å². The summed E-state index contributed by atoms with van der Waals surface area (Å²) in [4.78, 5) is 0. The van der Waals surface area contributed by atoms with E-state index >= 15 is 0 Å². The van der Waals surface area contributed by atoms with Crippen LogP contribution in [0.1, 0.15) is 42.0 Å². The van der Waals surface area contributed by atoms with E-state index in [0.717, 1.165) is 6.42 Å². The molecule has 0 aliphatic rings. The summed E-state index contributed by atoms with van der Waals surface area (Å²) in [6.45, 7) is 4.47. The summed E-state index contributed by atoms with van der Waals surface area (Å²) in [5.74, 6) is 0.576. The Hall–Kier alpha value is -2.60. The van der Waals surface area contributed by atoms with Gasteiger partial charge >= 0.3 is 0 Å². The number of benzene rings is 3. The molecule has 0 unspecified atom stereocenters. The molecule has 0 aliphatic carbocycles. The van der Waals surface area contributed by atoms with Gasteiger partial charge in [-0.05, 0) is 40.2 Å². The minimum Gasteiger partial charge on any atom is -0.0622 e. The van der Waals surface area contributed by atoms with Gasteiger partial charge in [0.1, 0.15) is 0 Å². The highest BCUT2D eigenvalue weighted by molar-refractivity contribution is 5.82. The fourth-order valence-corrected chi connectivity index (χ4v) is 2.88. The largest absolute Gasteiger partial charge is 0.0622 e. The lowest BCUT2D eigenvalue weighted by atomic mass is 9.94. The Labute approximate surface area is 145 Å². The number of allylic oxidation sites excluding steroid dienone is 1. The van der Waals surface area contributed by atoms with E-state index in [9.17, 15) is 0 Å². The van der Waals surface area contributed by atoms with Gasteiger partial charge in [-0.25, -0.2) is 0 Å². The Morgan fingerprint density at radius 2 is 1.33 bits per heavy atom. The van der Waals surface area contributed by atoms with Crippen LogP contribution in [0, 0.1) is 0 Å². The van der Waals surface area contributed by atoms with Gasteiger partial charge in [-0.2, -0.15) is 0 Å². The molecule has 0 heterocycles. The van der Waals surface area contributed by atoms with Gasteiger partial charge in [0.25, 0.3) is 0 Å². The molecule has 3 rings (SSSR count). The van der Waals surface area contributed by atoms with Crippen molar-refractivity contribution in [3.8, 4) is 0 Å². The molecule has 0 aliphatic heterocycles. The second-order valence-corrected chi connectivity index (χ2v) is 6.52. The molecule has 24 heavy (non-hydrogen) atoms. The van der Waals surface area contributed by atoms with E-state index in [0.29, 0.717) is 5.92 Å². The van der Waals surface area contributed by atoms with Gasteiger partial charge in [0.2, 0.25) is 0 Å². The third kappa shape index (κ3) is 4.23. The van der Waals surface area contributed by atoms with Crippen LogP contribution >= 0.6 is 0 Å². The number of hydrogen-bond donors (Lipinski definition) is 0. The van der Waals surface area contributed by atoms with Crippen molar-refractivity contribution in [2.24, 2.45) is 0 Å². The fourth-order valence-electron chi connectivity index (χ4n) is 2.88. The first kappa shape index (κ1) is 16.3. The van der Waals surface area contributed by atoms with Crippen molar-refractivity contribution >= 4 is 11.6 Å². The molecule has 0 saturated heterocycles. The van der Waals surface area contributed by atoms with Crippen molar-refractivity contribution in [3.05, 3.63) is 107 Å². The van der Waals surface area contributed by atoms with Crippen LogP contribution in [0.5, 0.6) is 0 Å². The maximum absolute atomic E-state index is 2.30. The average Bonchev–Trinajstić information content (AvgIpc) is 2.63. The Balaban J connectivity index is 1.92. The van der Waals surface area contributed by atoms with Crippen molar-refractivity contribution in [1.82, 2.24) is 0 Å². The summed E-state index contributed by atoms with van der Waals surface area (Å²) in [6, 6.07) is 30.3. The van der Waals surface area contributed by atoms with Crippen LogP contribution in [-0.4, -0.2) is 0 Å². The molecule has 0 N–H and O–H groups in total. The summed E-state index contributed by atoms with van der Waals surface area (Å²) in [5.41, 5.74) is 6.63. The van der Waals surface area contributed by atoms with Gasteiger partial charge < -0.3 is 0 Å². The van der Waals surface area contributed by atoms with Gasteiger partial charge in [-0.15, -0.1) is 0 Å². The minimum absolute atomic E-state index is 0.576. The van der Waals surface area contributed by atoms with Crippen LogP contribution < -0.4 is 0 Å². The van der Waals surface area contributed by atoms with E-state index in [1.54, 1.807) is 0 Å². The summed E-state index contributed by atoms with van der Waals surface area (Å²) in [7, 11) is 0. The summed E-state index contributed by atoms with van der Waals surface area (Å²) in [6.07, 6.45) is 3.24. The maximum atomic E-state index is 2.30. The van der Waals surface area contributed by atoms with E-state index in [2.05, 4.69) is 105 Å². The second-order valence-electron chi connectivity index (χ2n) is 6.52. The van der Waals surface area contributed by atoms with Crippen LogP contribution in [0.2, 0.25) is 0 Å². The highest BCUT2D eigenvalue weighted by atomic mass is 14.1. The van der Waals surface area contributed by atoms with Crippen LogP contribution in [0.4, 0.5) is 0 Å². The summed E-state index contributed by atoms with van der Waals surface area (Å²) >= 11 is 0.